The molecule has 0 saturated carbocycles. The van der Waals surface area contributed by atoms with E-state index >= 15 is 0 Å². The summed E-state index contributed by atoms with van der Waals surface area (Å²) in [6, 6.07) is 3.45. The third-order valence-corrected chi connectivity index (χ3v) is 5.63. The first kappa shape index (κ1) is 20.0. The zero-order chi connectivity index (χ0) is 17.6. The van der Waals surface area contributed by atoms with Crippen molar-refractivity contribution in [1.82, 2.24) is 13.5 Å². The van der Waals surface area contributed by atoms with Gasteiger partial charge in [-0.3, -0.25) is 0 Å². The first-order chi connectivity index (χ1) is 10.7. The average Bonchev–Trinajstić information content (AvgIpc) is 2.47. The molecule has 0 aromatic heterocycles. The van der Waals surface area contributed by atoms with E-state index in [9.17, 15) is 17.2 Å². The zero-order valence-corrected chi connectivity index (χ0v) is 14.9. The summed E-state index contributed by atoms with van der Waals surface area (Å²) in [7, 11) is 0.0377. The summed E-state index contributed by atoms with van der Waals surface area (Å²) < 4.78 is 54.5. The molecule has 0 N–H and O–H groups in total. The molecule has 132 valence electrons. The lowest BCUT2D eigenvalue weighted by molar-refractivity contribution is 0.303. The summed E-state index contributed by atoms with van der Waals surface area (Å²) in [6.07, 6.45) is 0. The SMILES string of the molecule is CCN(CC)S(=O)(=O)N(CCN(C)C)Cc1ccc(F)c(F)c1. The summed E-state index contributed by atoms with van der Waals surface area (Å²) >= 11 is 0. The van der Waals surface area contributed by atoms with Crippen LogP contribution in [0, 0.1) is 11.6 Å². The minimum atomic E-state index is -3.66. The topological polar surface area (TPSA) is 43.9 Å². The van der Waals surface area contributed by atoms with Crippen molar-refractivity contribution < 1.29 is 17.2 Å². The van der Waals surface area contributed by atoms with Crippen LogP contribution in [0.2, 0.25) is 0 Å². The molecule has 0 atom stereocenters. The molecule has 0 spiro atoms. The maximum absolute atomic E-state index is 13.4. The number of hydrogen-bond donors (Lipinski definition) is 0. The fourth-order valence-electron chi connectivity index (χ4n) is 2.14. The molecule has 0 amide bonds. The molecule has 0 heterocycles. The summed E-state index contributed by atoms with van der Waals surface area (Å²) in [4.78, 5) is 1.87. The van der Waals surface area contributed by atoms with E-state index in [-0.39, 0.29) is 13.1 Å². The van der Waals surface area contributed by atoms with E-state index in [1.807, 2.05) is 19.0 Å². The van der Waals surface area contributed by atoms with E-state index in [1.165, 1.54) is 14.7 Å². The second-order valence-corrected chi connectivity index (χ2v) is 7.41. The summed E-state index contributed by atoms with van der Waals surface area (Å²) in [5.41, 5.74) is 0.415. The van der Waals surface area contributed by atoms with Gasteiger partial charge in [0.2, 0.25) is 0 Å². The highest BCUT2D eigenvalue weighted by atomic mass is 32.2. The van der Waals surface area contributed by atoms with Gasteiger partial charge >= 0.3 is 0 Å². The highest BCUT2D eigenvalue weighted by Crippen LogP contribution is 2.16. The van der Waals surface area contributed by atoms with Gasteiger partial charge in [0.15, 0.2) is 11.6 Å². The van der Waals surface area contributed by atoms with Crippen LogP contribution < -0.4 is 0 Å². The Morgan fingerprint density at radius 2 is 1.57 bits per heavy atom. The highest BCUT2D eigenvalue weighted by Gasteiger charge is 2.27. The van der Waals surface area contributed by atoms with Crippen molar-refractivity contribution in [3.05, 3.63) is 35.4 Å². The van der Waals surface area contributed by atoms with E-state index in [0.29, 0.717) is 25.2 Å². The lowest BCUT2D eigenvalue weighted by Crippen LogP contribution is -2.45. The molecule has 1 rings (SSSR count). The van der Waals surface area contributed by atoms with Gasteiger partial charge in [-0.25, -0.2) is 8.78 Å². The van der Waals surface area contributed by atoms with Crippen LogP contribution in [0.5, 0.6) is 0 Å². The molecule has 0 fully saturated rings. The molecule has 0 bridgehead atoms. The minimum absolute atomic E-state index is 0.00384. The Kier molecular flexibility index (Phi) is 7.53. The van der Waals surface area contributed by atoms with Crippen molar-refractivity contribution in [1.29, 1.82) is 0 Å². The van der Waals surface area contributed by atoms with Crippen molar-refractivity contribution in [3.63, 3.8) is 0 Å². The third kappa shape index (κ3) is 5.49. The summed E-state index contributed by atoms with van der Waals surface area (Å²) in [5, 5.41) is 0. The van der Waals surface area contributed by atoms with Crippen LogP contribution in [0.4, 0.5) is 8.78 Å². The summed E-state index contributed by atoms with van der Waals surface area (Å²) in [5.74, 6) is -1.92. The van der Waals surface area contributed by atoms with E-state index < -0.39 is 21.8 Å². The van der Waals surface area contributed by atoms with Gasteiger partial charge in [-0.2, -0.15) is 17.0 Å². The van der Waals surface area contributed by atoms with Gasteiger partial charge in [0.05, 0.1) is 0 Å². The van der Waals surface area contributed by atoms with Gasteiger partial charge in [-0.05, 0) is 31.8 Å². The molecule has 0 unspecified atom stereocenters. The van der Waals surface area contributed by atoms with E-state index in [1.54, 1.807) is 13.8 Å². The number of benzene rings is 1. The molecule has 0 saturated heterocycles. The largest absolute Gasteiger partial charge is 0.308 e. The summed E-state index contributed by atoms with van der Waals surface area (Å²) in [6.45, 7) is 5.05. The lowest BCUT2D eigenvalue weighted by atomic mass is 10.2. The Bertz CT molecular complexity index is 605. The Labute approximate surface area is 137 Å². The molecule has 1 aromatic rings. The second-order valence-electron chi connectivity index (χ2n) is 5.48. The number of rotatable bonds is 9. The van der Waals surface area contributed by atoms with Crippen molar-refractivity contribution in [2.45, 2.75) is 20.4 Å². The highest BCUT2D eigenvalue weighted by molar-refractivity contribution is 7.86. The van der Waals surface area contributed by atoms with Crippen LogP contribution >= 0.6 is 0 Å². The van der Waals surface area contributed by atoms with Crippen LogP contribution in [0.25, 0.3) is 0 Å². The van der Waals surface area contributed by atoms with Gasteiger partial charge in [0, 0.05) is 32.7 Å². The van der Waals surface area contributed by atoms with Gasteiger partial charge in [0.25, 0.3) is 10.2 Å². The Hall–Kier alpha value is -1.09. The third-order valence-electron chi connectivity index (χ3n) is 3.50. The smallest absolute Gasteiger partial charge is 0.282 e. The van der Waals surface area contributed by atoms with E-state index in [4.69, 9.17) is 0 Å². The first-order valence-electron chi connectivity index (χ1n) is 7.56. The molecule has 8 heteroatoms. The quantitative estimate of drug-likeness (QED) is 0.684. The van der Waals surface area contributed by atoms with Crippen LogP contribution in [-0.2, 0) is 16.8 Å². The molecule has 23 heavy (non-hydrogen) atoms. The van der Waals surface area contributed by atoms with E-state index in [0.717, 1.165) is 12.1 Å². The minimum Gasteiger partial charge on any atom is -0.308 e. The van der Waals surface area contributed by atoms with Crippen LogP contribution in [0.1, 0.15) is 19.4 Å². The predicted molar refractivity (Wildman–Crippen MR) is 87.2 cm³/mol. The second kappa shape index (κ2) is 8.68. The number of nitrogens with zero attached hydrogens (tertiary/aromatic N) is 3. The molecule has 0 aliphatic rings. The number of hydrogen-bond acceptors (Lipinski definition) is 3. The standard InChI is InChI=1S/C15H25F2N3O2S/c1-5-19(6-2)23(21,22)20(10-9-18(3)4)12-13-7-8-14(16)15(17)11-13/h7-8,11H,5-6,9-10,12H2,1-4H3. The Balaban J connectivity index is 3.06. The van der Waals surface area contributed by atoms with Gasteiger partial charge < -0.3 is 4.90 Å². The zero-order valence-electron chi connectivity index (χ0n) is 14.1. The van der Waals surface area contributed by atoms with Crippen LogP contribution in [0.3, 0.4) is 0 Å². The lowest BCUT2D eigenvalue weighted by Gasteiger charge is -2.29. The molecule has 0 aliphatic heterocycles. The molecule has 5 nitrogen and oxygen atoms in total. The molecule has 1 aromatic carbocycles. The Morgan fingerprint density at radius 1 is 0.957 bits per heavy atom. The maximum atomic E-state index is 13.4. The van der Waals surface area contributed by atoms with Crippen molar-refractivity contribution in [2.24, 2.45) is 0 Å². The monoisotopic (exact) mass is 349 g/mol. The number of likely N-dealkylation sites (N-methyl/N-ethyl adjacent to an activating group) is 1. The van der Waals surface area contributed by atoms with Crippen molar-refractivity contribution in [2.75, 3.05) is 40.3 Å². The fraction of sp³-hybridized carbons (Fsp3) is 0.600. The maximum Gasteiger partial charge on any atom is 0.282 e. The van der Waals surface area contributed by atoms with Crippen LogP contribution in [0.15, 0.2) is 18.2 Å². The van der Waals surface area contributed by atoms with Gasteiger partial charge in [-0.1, -0.05) is 19.9 Å². The molecule has 0 radical (unpaired) electrons. The predicted octanol–water partition coefficient (Wildman–Crippen LogP) is 1.92. The van der Waals surface area contributed by atoms with Crippen LogP contribution in [-0.4, -0.2) is 62.2 Å². The normalized spacial score (nSPS) is 12.6. The molecular formula is C15H25F2N3O2S. The van der Waals surface area contributed by atoms with Gasteiger partial charge in [-0.15, -0.1) is 0 Å². The van der Waals surface area contributed by atoms with E-state index in [2.05, 4.69) is 0 Å². The number of halogens is 2. The fourth-order valence-corrected chi connectivity index (χ4v) is 3.75. The molecular weight excluding hydrogens is 324 g/mol. The average molecular weight is 349 g/mol. The first-order valence-corrected chi connectivity index (χ1v) is 8.95. The van der Waals surface area contributed by atoms with Crippen molar-refractivity contribution in [3.8, 4) is 0 Å². The molecule has 0 aliphatic carbocycles. The Morgan fingerprint density at radius 3 is 2.04 bits per heavy atom. The van der Waals surface area contributed by atoms with Crippen molar-refractivity contribution >= 4 is 10.2 Å². The van der Waals surface area contributed by atoms with Gasteiger partial charge in [0.1, 0.15) is 0 Å².